The summed E-state index contributed by atoms with van der Waals surface area (Å²) in [4.78, 5) is 0. The van der Waals surface area contributed by atoms with Crippen LogP contribution in [-0.4, -0.2) is 0 Å². The lowest BCUT2D eigenvalue weighted by atomic mass is 9.72. The van der Waals surface area contributed by atoms with Crippen LogP contribution < -0.4 is 0 Å². The van der Waals surface area contributed by atoms with Crippen molar-refractivity contribution in [3.63, 3.8) is 0 Å². The van der Waals surface area contributed by atoms with E-state index < -0.39 is 0 Å². The smallest absolute Gasteiger partial charge is 0.0103 e. The van der Waals surface area contributed by atoms with Gasteiger partial charge in [0.25, 0.3) is 0 Å². The standard InChI is InChI=1S/C25H34.C2H6/c1-5-8-9-10-22-17-21(20-13-11-19(4)12-14-20)15-16-24(22)25(7-3)18-23(25)6-2;1-2/h8-9,11-15,17,23-24H,5-7,10,16,18H2,1-4H3;1-2H3/b9-8-;. The molecule has 0 amide bonds. The van der Waals surface area contributed by atoms with Crippen molar-refractivity contribution in [2.75, 3.05) is 0 Å². The Hall–Kier alpha value is -1.56. The van der Waals surface area contributed by atoms with E-state index in [1.807, 2.05) is 13.8 Å². The second-order valence-corrected chi connectivity index (χ2v) is 8.01. The quantitative estimate of drug-likeness (QED) is 0.425. The van der Waals surface area contributed by atoms with Crippen molar-refractivity contribution >= 4 is 5.57 Å². The number of hydrogen-bond acceptors (Lipinski definition) is 0. The minimum Gasteiger partial charge on any atom is -0.0885 e. The highest BCUT2D eigenvalue weighted by molar-refractivity contribution is 5.76. The summed E-state index contributed by atoms with van der Waals surface area (Å²) >= 11 is 0. The molecule has 0 heteroatoms. The van der Waals surface area contributed by atoms with Crippen LogP contribution in [0.3, 0.4) is 0 Å². The summed E-state index contributed by atoms with van der Waals surface area (Å²) < 4.78 is 0. The van der Waals surface area contributed by atoms with Crippen LogP contribution in [0.25, 0.3) is 5.57 Å². The summed E-state index contributed by atoms with van der Waals surface area (Å²) in [6.45, 7) is 13.2. The van der Waals surface area contributed by atoms with Gasteiger partial charge in [-0.3, -0.25) is 0 Å². The first-order valence-electron chi connectivity index (χ1n) is 11.3. The molecular weight excluding hydrogens is 324 g/mol. The molecule has 1 aromatic carbocycles. The van der Waals surface area contributed by atoms with Gasteiger partial charge in [-0.2, -0.15) is 0 Å². The number of benzene rings is 1. The largest absolute Gasteiger partial charge is 0.0885 e. The van der Waals surface area contributed by atoms with E-state index in [9.17, 15) is 0 Å². The molecule has 0 saturated heterocycles. The van der Waals surface area contributed by atoms with E-state index in [1.54, 1.807) is 5.57 Å². The second-order valence-electron chi connectivity index (χ2n) is 8.01. The third-order valence-corrected chi connectivity index (χ3v) is 6.63. The SMILES string of the molecule is CC.CC/C=C\CC1=CC(c2ccc(C)cc2)=CCC1C1(CC)CC1CC. The molecule has 148 valence electrons. The molecule has 0 spiro atoms. The third kappa shape index (κ3) is 4.84. The monoisotopic (exact) mass is 364 g/mol. The Morgan fingerprint density at radius 1 is 1.04 bits per heavy atom. The fourth-order valence-electron chi connectivity index (χ4n) is 4.95. The van der Waals surface area contributed by atoms with Crippen LogP contribution in [0.15, 0.2) is 54.1 Å². The van der Waals surface area contributed by atoms with Gasteiger partial charge in [-0.05, 0) is 67.4 Å². The molecule has 0 heterocycles. The van der Waals surface area contributed by atoms with E-state index in [1.165, 1.54) is 42.4 Å². The van der Waals surface area contributed by atoms with Gasteiger partial charge >= 0.3 is 0 Å². The van der Waals surface area contributed by atoms with Gasteiger partial charge in [0.1, 0.15) is 0 Å². The van der Waals surface area contributed by atoms with Gasteiger partial charge in [0.2, 0.25) is 0 Å². The van der Waals surface area contributed by atoms with Crippen molar-refractivity contribution in [3.05, 3.63) is 65.3 Å². The van der Waals surface area contributed by atoms with Crippen LogP contribution in [0.1, 0.15) is 84.3 Å². The third-order valence-electron chi connectivity index (χ3n) is 6.63. The fourth-order valence-corrected chi connectivity index (χ4v) is 4.95. The maximum absolute atomic E-state index is 2.52. The molecule has 1 aromatic rings. The van der Waals surface area contributed by atoms with Gasteiger partial charge in [-0.15, -0.1) is 0 Å². The van der Waals surface area contributed by atoms with Crippen molar-refractivity contribution in [2.24, 2.45) is 17.3 Å². The Bertz CT molecular complexity index is 670. The summed E-state index contributed by atoms with van der Waals surface area (Å²) in [5.74, 6) is 1.69. The molecule has 0 radical (unpaired) electrons. The fraction of sp³-hybridized carbons (Fsp3) is 0.556. The van der Waals surface area contributed by atoms with Crippen molar-refractivity contribution in [1.82, 2.24) is 0 Å². The van der Waals surface area contributed by atoms with Crippen LogP contribution in [0.4, 0.5) is 0 Å². The van der Waals surface area contributed by atoms with E-state index in [0.717, 1.165) is 24.7 Å². The van der Waals surface area contributed by atoms with E-state index in [4.69, 9.17) is 0 Å². The van der Waals surface area contributed by atoms with Gasteiger partial charge in [-0.25, -0.2) is 0 Å². The van der Waals surface area contributed by atoms with Gasteiger partial charge < -0.3 is 0 Å². The predicted molar refractivity (Wildman–Crippen MR) is 122 cm³/mol. The molecule has 27 heavy (non-hydrogen) atoms. The molecule has 1 saturated carbocycles. The van der Waals surface area contributed by atoms with Crippen LogP contribution >= 0.6 is 0 Å². The number of hydrogen-bond donors (Lipinski definition) is 0. The van der Waals surface area contributed by atoms with Crippen molar-refractivity contribution < 1.29 is 0 Å². The zero-order valence-electron chi connectivity index (χ0n) is 18.5. The van der Waals surface area contributed by atoms with Gasteiger partial charge in [0.15, 0.2) is 0 Å². The lowest BCUT2D eigenvalue weighted by molar-refractivity contribution is 0.302. The average molecular weight is 365 g/mol. The van der Waals surface area contributed by atoms with Gasteiger partial charge in [-0.1, -0.05) is 101 Å². The Kier molecular flexibility index (Phi) is 8.14. The van der Waals surface area contributed by atoms with Crippen molar-refractivity contribution in [3.8, 4) is 0 Å². The van der Waals surface area contributed by atoms with E-state index in [0.29, 0.717) is 5.41 Å². The van der Waals surface area contributed by atoms with Gasteiger partial charge in [0.05, 0.1) is 0 Å². The van der Waals surface area contributed by atoms with Crippen LogP contribution in [0.2, 0.25) is 0 Å². The summed E-state index contributed by atoms with van der Waals surface area (Å²) in [6, 6.07) is 9.01. The molecule has 0 bridgehead atoms. The first-order valence-corrected chi connectivity index (χ1v) is 11.3. The summed E-state index contributed by atoms with van der Waals surface area (Å²) in [6.07, 6.45) is 17.3. The van der Waals surface area contributed by atoms with Gasteiger partial charge in [0, 0.05) is 0 Å². The molecule has 0 nitrogen and oxygen atoms in total. The molecular formula is C27H40. The Labute approximate surface area is 168 Å². The zero-order valence-corrected chi connectivity index (χ0v) is 18.5. The van der Waals surface area contributed by atoms with E-state index in [2.05, 4.69) is 76.3 Å². The molecule has 1 fully saturated rings. The Morgan fingerprint density at radius 2 is 1.74 bits per heavy atom. The first kappa shape index (κ1) is 21.7. The van der Waals surface area contributed by atoms with Crippen LogP contribution in [0.5, 0.6) is 0 Å². The minimum absolute atomic E-state index is 0.579. The number of rotatable bonds is 7. The molecule has 2 aliphatic carbocycles. The van der Waals surface area contributed by atoms with Crippen molar-refractivity contribution in [1.29, 1.82) is 0 Å². The summed E-state index contributed by atoms with van der Waals surface area (Å²) in [7, 11) is 0. The highest BCUT2D eigenvalue weighted by atomic mass is 14.6. The maximum atomic E-state index is 2.52. The number of allylic oxidation sites excluding steroid dienone is 6. The molecule has 0 aliphatic heterocycles. The molecule has 3 rings (SSSR count). The first-order chi connectivity index (χ1) is 13.1. The lowest BCUT2D eigenvalue weighted by Crippen LogP contribution is -2.21. The highest BCUT2D eigenvalue weighted by Crippen LogP contribution is 2.65. The zero-order chi connectivity index (χ0) is 19.9. The normalized spacial score (nSPS) is 26.9. The van der Waals surface area contributed by atoms with Crippen LogP contribution in [-0.2, 0) is 0 Å². The van der Waals surface area contributed by atoms with E-state index in [-0.39, 0.29) is 0 Å². The predicted octanol–water partition coefficient (Wildman–Crippen LogP) is 8.53. The molecule has 0 aromatic heterocycles. The summed E-state index contributed by atoms with van der Waals surface area (Å²) in [5, 5.41) is 0. The molecule has 0 N–H and O–H groups in total. The minimum atomic E-state index is 0.579. The number of aryl methyl sites for hydroxylation is 1. The van der Waals surface area contributed by atoms with Crippen LogP contribution in [0, 0.1) is 24.2 Å². The molecule has 3 unspecified atom stereocenters. The van der Waals surface area contributed by atoms with E-state index >= 15 is 0 Å². The summed E-state index contributed by atoms with van der Waals surface area (Å²) in [5.41, 5.74) is 6.38. The topological polar surface area (TPSA) is 0 Å². The maximum Gasteiger partial charge on any atom is -0.0103 e. The highest BCUT2D eigenvalue weighted by Gasteiger charge is 2.56. The second kappa shape index (κ2) is 10.1. The molecule has 2 aliphatic rings. The lowest BCUT2D eigenvalue weighted by Gasteiger charge is -2.32. The average Bonchev–Trinajstić information content (AvgIpc) is 3.45. The molecule has 3 atom stereocenters. The Balaban J connectivity index is 0.00000126. The van der Waals surface area contributed by atoms with Crippen molar-refractivity contribution in [2.45, 2.75) is 80.1 Å². The Morgan fingerprint density at radius 3 is 2.30 bits per heavy atom.